The molecule has 1 aromatic rings. The van der Waals surface area contributed by atoms with Gasteiger partial charge in [-0.25, -0.2) is 4.79 Å². The van der Waals surface area contributed by atoms with Crippen LogP contribution in [-0.2, 0) is 6.54 Å². The van der Waals surface area contributed by atoms with E-state index in [0.29, 0.717) is 25.3 Å². The molecule has 6 heteroatoms. The van der Waals surface area contributed by atoms with E-state index in [-0.39, 0.29) is 17.7 Å². The quantitative estimate of drug-likeness (QED) is 0.656. The van der Waals surface area contributed by atoms with Gasteiger partial charge in [-0.3, -0.25) is 0 Å². The van der Waals surface area contributed by atoms with Crippen molar-refractivity contribution in [3.8, 4) is 0 Å². The smallest absolute Gasteiger partial charge is 0.358 e. The lowest BCUT2D eigenvalue weighted by molar-refractivity contribution is 0.0685. The van der Waals surface area contributed by atoms with Gasteiger partial charge in [0.25, 0.3) is 0 Å². The van der Waals surface area contributed by atoms with Crippen molar-refractivity contribution in [2.45, 2.75) is 26.8 Å². The Kier molecular flexibility index (Phi) is 4.65. The zero-order valence-electron chi connectivity index (χ0n) is 10.1. The van der Waals surface area contributed by atoms with Crippen LogP contribution in [0.3, 0.4) is 0 Å². The summed E-state index contributed by atoms with van der Waals surface area (Å²) < 4.78 is 4.86. The van der Waals surface area contributed by atoms with Crippen molar-refractivity contribution in [1.29, 1.82) is 0 Å². The third-order valence-corrected chi connectivity index (χ3v) is 2.47. The van der Waals surface area contributed by atoms with Crippen molar-refractivity contribution in [2.75, 3.05) is 13.2 Å². The molecule has 6 nitrogen and oxygen atoms in total. The van der Waals surface area contributed by atoms with Crippen molar-refractivity contribution >= 4 is 5.97 Å². The number of aromatic carboxylic acids is 1. The number of hydrogen-bond donors (Lipinski definition) is 3. The third-order valence-electron chi connectivity index (χ3n) is 2.47. The molecule has 17 heavy (non-hydrogen) atoms. The van der Waals surface area contributed by atoms with Crippen molar-refractivity contribution in [2.24, 2.45) is 5.41 Å². The molecule has 1 rings (SSSR count). The number of carboxylic acids is 1. The van der Waals surface area contributed by atoms with E-state index in [1.54, 1.807) is 0 Å². The highest BCUT2D eigenvalue weighted by atomic mass is 16.5. The van der Waals surface area contributed by atoms with Crippen molar-refractivity contribution in [1.82, 2.24) is 10.5 Å². The average Bonchev–Trinajstić information content (AvgIpc) is 2.66. The van der Waals surface area contributed by atoms with Crippen LogP contribution in [0.1, 0.15) is 36.5 Å². The predicted molar refractivity (Wildman–Crippen MR) is 60.7 cm³/mol. The molecule has 0 aliphatic carbocycles. The maximum Gasteiger partial charge on any atom is 0.358 e. The molecule has 0 aliphatic rings. The second-order valence-corrected chi connectivity index (χ2v) is 4.72. The van der Waals surface area contributed by atoms with Gasteiger partial charge in [0.15, 0.2) is 11.5 Å². The molecule has 1 heterocycles. The summed E-state index contributed by atoms with van der Waals surface area (Å²) in [6.07, 6.45) is 0.705. The fourth-order valence-corrected chi connectivity index (χ4v) is 1.41. The van der Waals surface area contributed by atoms with Crippen molar-refractivity contribution in [3.05, 3.63) is 17.5 Å². The number of aliphatic hydroxyl groups is 1. The summed E-state index contributed by atoms with van der Waals surface area (Å²) in [6.45, 7) is 5.37. The largest absolute Gasteiger partial charge is 0.476 e. The van der Waals surface area contributed by atoms with E-state index in [1.165, 1.54) is 6.07 Å². The van der Waals surface area contributed by atoms with Crippen LogP contribution in [0.5, 0.6) is 0 Å². The Balaban J connectivity index is 2.38. The number of rotatable bonds is 7. The Morgan fingerprint density at radius 3 is 2.82 bits per heavy atom. The number of hydrogen-bond acceptors (Lipinski definition) is 5. The molecule has 0 amide bonds. The normalized spacial score (nSPS) is 11.7. The average molecular weight is 242 g/mol. The summed E-state index contributed by atoms with van der Waals surface area (Å²) in [7, 11) is 0. The minimum Gasteiger partial charge on any atom is -0.476 e. The summed E-state index contributed by atoms with van der Waals surface area (Å²) in [5, 5.41) is 24.1. The third kappa shape index (κ3) is 4.54. The maximum atomic E-state index is 10.6. The van der Waals surface area contributed by atoms with Crippen molar-refractivity contribution < 1.29 is 19.5 Å². The molecule has 0 atom stereocenters. The van der Waals surface area contributed by atoms with Gasteiger partial charge >= 0.3 is 5.97 Å². The number of carbonyl (C=O) groups is 1. The number of aromatic nitrogens is 1. The van der Waals surface area contributed by atoms with E-state index in [4.69, 9.17) is 14.7 Å². The van der Waals surface area contributed by atoms with E-state index in [1.807, 2.05) is 13.8 Å². The van der Waals surface area contributed by atoms with Gasteiger partial charge in [0.1, 0.15) is 0 Å². The summed E-state index contributed by atoms with van der Waals surface area (Å²) in [5.74, 6) is -0.609. The van der Waals surface area contributed by atoms with Gasteiger partial charge in [-0.1, -0.05) is 19.0 Å². The van der Waals surface area contributed by atoms with Crippen molar-refractivity contribution in [3.63, 3.8) is 0 Å². The minimum absolute atomic E-state index is 0.00952. The molecule has 0 fully saturated rings. The molecule has 0 aromatic carbocycles. The first-order valence-electron chi connectivity index (χ1n) is 5.45. The Morgan fingerprint density at radius 1 is 1.59 bits per heavy atom. The van der Waals surface area contributed by atoms with Gasteiger partial charge in [0.05, 0.1) is 6.54 Å². The molecule has 0 saturated carbocycles. The highest BCUT2D eigenvalue weighted by Crippen LogP contribution is 2.18. The summed E-state index contributed by atoms with van der Waals surface area (Å²) in [4.78, 5) is 10.6. The Bertz CT molecular complexity index is 373. The fourth-order valence-electron chi connectivity index (χ4n) is 1.41. The standard InChI is InChI=1S/C11H18N2O4/c1-11(2,3-4-14)7-12-6-8-5-9(10(15)16)13-17-8/h5,12,14H,3-4,6-7H2,1-2H3,(H,15,16). The summed E-state index contributed by atoms with van der Waals surface area (Å²) >= 11 is 0. The van der Waals surface area contributed by atoms with Crippen LogP contribution in [0.2, 0.25) is 0 Å². The topological polar surface area (TPSA) is 95.6 Å². The monoisotopic (exact) mass is 242 g/mol. The lowest BCUT2D eigenvalue weighted by atomic mass is 9.90. The van der Waals surface area contributed by atoms with Gasteiger partial charge < -0.3 is 20.1 Å². The van der Waals surface area contributed by atoms with Crippen LogP contribution in [-0.4, -0.2) is 34.5 Å². The second-order valence-electron chi connectivity index (χ2n) is 4.72. The first kappa shape index (κ1) is 13.7. The number of nitrogens with one attached hydrogen (secondary N) is 1. The fraction of sp³-hybridized carbons (Fsp3) is 0.636. The summed E-state index contributed by atoms with van der Waals surface area (Å²) in [6, 6.07) is 1.40. The highest BCUT2D eigenvalue weighted by Gasteiger charge is 2.17. The van der Waals surface area contributed by atoms with E-state index in [2.05, 4.69) is 10.5 Å². The second kappa shape index (κ2) is 5.79. The molecular weight excluding hydrogens is 224 g/mol. The van der Waals surface area contributed by atoms with Crippen LogP contribution >= 0.6 is 0 Å². The highest BCUT2D eigenvalue weighted by molar-refractivity contribution is 5.85. The molecule has 0 radical (unpaired) electrons. The van der Waals surface area contributed by atoms with Crippen LogP contribution in [0, 0.1) is 5.41 Å². The first-order chi connectivity index (χ1) is 7.94. The zero-order chi connectivity index (χ0) is 12.9. The van der Waals surface area contributed by atoms with Gasteiger partial charge in [0.2, 0.25) is 0 Å². The van der Waals surface area contributed by atoms with E-state index in [0.717, 1.165) is 0 Å². The van der Waals surface area contributed by atoms with Crippen LogP contribution in [0.15, 0.2) is 10.6 Å². The lowest BCUT2D eigenvalue weighted by Gasteiger charge is -2.23. The van der Waals surface area contributed by atoms with Crippen LogP contribution < -0.4 is 5.32 Å². The van der Waals surface area contributed by atoms with Crippen LogP contribution in [0.25, 0.3) is 0 Å². The molecule has 96 valence electrons. The molecule has 0 aliphatic heterocycles. The SMILES string of the molecule is CC(C)(CCO)CNCc1cc(C(=O)O)no1. The molecule has 3 N–H and O–H groups in total. The maximum absolute atomic E-state index is 10.6. The molecule has 0 spiro atoms. The molecule has 1 aromatic heterocycles. The zero-order valence-corrected chi connectivity index (χ0v) is 10.1. The molecular formula is C11H18N2O4. The number of carboxylic acid groups (broad SMARTS) is 1. The predicted octanol–water partition coefficient (Wildman–Crippen LogP) is 0.871. The molecule has 0 bridgehead atoms. The van der Waals surface area contributed by atoms with E-state index < -0.39 is 5.97 Å². The lowest BCUT2D eigenvalue weighted by Crippen LogP contribution is -2.29. The van der Waals surface area contributed by atoms with Gasteiger partial charge in [0, 0.05) is 19.2 Å². The minimum atomic E-state index is -1.10. The Hall–Kier alpha value is -1.40. The van der Waals surface area contributed by atoms with Gasteiger partial charge in [-0.05, 0) is 11.8 Å². The van der Waals surface area contributed by atoms with E-state index in [9.17, 15) is 4.79 Å². The Labute approximate surface area is 99.6 Å². The van der Waals surface area contributed by atoms with E-state index >= 15 is 0 Å². The number of aliphatic hydroxyl groups excluding tert-OH is 1. The first-order valence-corrected chi connectivity index (χ1v) is 5.45. The number of nitrogens with zero attached hydrogens (tertiary/aromatic N) is 1. The van der Waals surface area contributed by atoms with Crippen LogP contribution in [0.4, 0.5) is 0 Å². The molecule has 0 unspecified atom stereocenters. The van der Waals surface area contributed by atoms with Gasteiger partial charge in [-0.2, -0.15) is 0 Å². The summed E-state index contributed by atoms with van der Waals surface area (Å²) in [5.41, 5.74) is -0.0962. The van der Waals surface area contributed by atoms with Gasteiger partial charge in [-0.15, -0.1) is 0 Å². The Morgan fingerprint density at radius 2 is 2.29 bits per heavy atom. The molecule has 0 saturated heterocycles.